The van der Waals surface area contributed by atoms with Gasteiger partial charge in [0.15, 0.2) is 0 Å². The lowest BCUT2D eigenvalue weighted by Gasteiger charge is -2.42. The quantitative estimate of drug-likeness (QED) is 0.383. The zero-order valence-corrected chi connectivity index (χ0v) is 18.4. The van der Waals surface area contributed by atoms with E-state index in [2.05, 4.69) is 11.9 Å². The Morgan fingerprint density at radius 3 is 2.15 bits per heavy atom. The molecule has 2 fully saturated rings. The van der Waals surface area contributed by atoms with Crippen molar-refractivity contribution in [1.29, 1.82) is 0 Å². The van der Waals surface area contributed by atoms with Gasteiger partial charge in [-0.25, -0.2) is 0 Å². The van der Waals surface area contributed by atoms with E-state index in [9.17, 15) is 4.79 Å². The predicted octanol–water partition coefficient (Wildman–Crippen LogP) is 4.74. The maximum atomic E-state index is 11.7. The Bertz CT molecular complexity index is 453. The van der Waals surface area contributed by atoms with Crippen LogP contribution in [0.2, 0.25) is 6.04 Å². The molecule has 2 aliphatic rings. The van der Waals surface area contributed by atoms with E-state index >= 15 is 0 Å². The van der Waals surface area contributed by atoms with Crippen LogP contribution in [-0.4, -0.2) is 40.1 Å². The lowest BCUT2D eigenvalue weighted by atomic mass is 9.98. The Balaban J connectivity index is 1.95. The lowest BCUT2D eigenvalue weighted by molar-refractivity contribution is -0.117. The number of amides is 1. The second-order valence-corrected chi connectivity index (χ2v) is 10.6. The molecule has 27 heavy (non-hydrogen) atoms. The first-order valence-corrected chi connectivity index (χ1v) is 12.9. The molecule has 0 spiro atoms. The van der Waals surface area contributed by atoms with Crippen LogP contribution < -0.4 is 5.32 Å². The summed E-state index contributed by atoms with van der Waals surface area (Å²) in [5, 5.41) is 2.90. The maximum absolute atomic E-state index is 11.7. The van der Waals surface area contributed by atoms with Crippen LogP contribution in [0, 0.1) is 0 Å². The summed E-state index contributed by atoms with van der Waals surface area (Å²) in [6.07, 6.45) is 13.8. The first kappa shape index (κ1) is 22.6. The van der Waals surface area contributed by atoms with E-state index in [1.807, 2.05) is 6.92 Å². The Morgan fingerprint density at radius 1 is 1.07 bits per heavy atom. The lowest BCUT2D eigenvalue weighted by Crippen LogP contribution is -2.55. The highest BCUT2D eigenvalue weighted by Crippen LogP contribution is 2.33. The number of rotatable bonds is 7. The van der Waals surface area contributed by atoms with Gasteiger partial charge in [-0.05, 0) is 39.5 Å². The van der Waals surface area contributed by atoms with Crippen molar-refractivity contribution in [3.8, 4) is 0 Å². The molecule has 6 heteroatoms. The summed E-state index contributed by atoms with van der Waals surface area (Å²) in [4.78, 5) is 11.7. The van der Waals surface area contributed by atoms with Crippen LogP contribution in [0.4, 0.5) is 0 Å². The van der Waals surface area contributed by atoms with E-state index in [0.29, 0.717) is 18.7 Å². The molecule has 1 heterocycles. The van der Waals surface area contributed by atoms with Crippen molar-refractivity contribution < 1.29 is 18.1 Å². The van der Waals surface area contributed by atoms with Crippen LogP contribution in [0.5, 0.6) is 0 Å². The fourth-order valence-electron chi connectivity index (χ4n) is 4.04. The highest BCUT2D eigenvalue weighted by atomic mass is 28.4. The molecule has 156 valence electrons. The van der Waals surface area contributed by atoms with Gasteiger partial charge in [0.05, 0.1) is 12.2 Å². The van der Waals surface area contributed by atoms with Gasteiger partial charge in [0, 0.05) is 24.8 Å². The number of hydrogen-bond acceptors (Lipinski definition) is 4. The minimum Gasteiger partial charge on any atom is -0.374 e. The molecular weight excluding hydrogens is 358 g/mol. The summed E-state index contributed by atoms with van der Waals surface area (Å²) in [5.74, 6) is -0.0854. The van der Waals surface area contributed by atoms with Gasteiger partial charge < -0.3 is 18.6 Å². The molecule has 2 rings (SSSR count). The Morgan fingerprint density at radius 2 is 1.63 bits per heavy atom. The highest BCUT2D eigenvalue weighted by Gasteiger charge is 2.48. The Labute approximate surface area is 166 Å². The van der Waals surface area contributed by atoms with Crippen molar-refractivity contribution >= 4 is 14.7 Å². The van der Waals surface area contributed by atoms with Crippen molar-refractivity contribution in [2.75, 3.05) is 13.2 Å². The molecule has 1 amide bonds. The first-order valence-electron chi connectivity index (χ1n) is 11.0. The number of carbonyl (C=O) groups excluding carboxylic acids is 1. The monoisotopic (exact) mass is 397 g/mol. The molecule has 2 atom stereocenters. The molecule has 0 radical (unpaired) electrons. The van der Waals surface area contributed by atoms with Gasteiger partial charge in [0.1, 0.15) is 0 Å². The van der Waals surface area contributed by atoms with Gasteiger partial charge in [-0.3, -0.25) is 4.79 Å². The van der Waals surface area contributed by atoms with E-state index in [-0.39, 0.29) is 18.1 Å². The molecule has 1 N–H and O–H groups in total. The average molecular weight is 398 g/mol. The van der Waals surface area contributed by atoms with E-state index in [0.717, 1.165) is 31.7 Å². The third-order valence-corrected chi connectivity index (χ3v) is 8.55. The third-order valence-electron chi connectivity index (χ3n) is 5.47. The van der Waals surface area contributed by atoms with Crippen LogP contribution in [0.3, 0.4) is 0 Å². The zero-order chi connectivity index (χ0) is 19.5. The van der Waals surface area contributed by atoms with Crippen LogP contribution in [-0.2, 0) is 18.1 Å². The van der Waals surface area contributed by atoms with Gasteiger partial charge in [0.2, 0.25) is 5.91 Å². The number of hydrogen-bond donors (Lipinski definition) is 1. The van der Waals surface area contributed by atoms with Crippen molar-refractivity contribution in [1.82, 2.24) is 5.32 Å². The highest BCUT2D eigenvalue weighted by molar-refractivity contribution is 6.61. The largest absolute Gasteiger partial charge is 0.501 e. The molecule has 1 aliphatic carbocycles. The van der Waals surface area contributed by atoms with E-state index in [4.69, 9.17) is 13.3 Å². The second-order valence-electron chi connectivity index (χ2n) is 8.02. The molecule has 2 bridgehead atoms. The third kappa shape index (κ3) is 8.06. The summed E-state index contributed by atoms with van der Waals surface area (Å²) in [6.45, 7) is 8.64. The smallest absolute Gasteiger partial charge is 0.374 e. The SMILES string of the molecule is C=C(C)C(=O)NCCC[Si]1(OCC)OC2CCCCCCCCCC(C2)O1. The standard InChI is InChI=1S/C21H39NO4Si/c1-4-24-27(16-12-15-22-21(23)18(2)3)25-19-13-10-8-6-5-7-9-11-14-20(17-19)26-27/h19-20H,2,4-17H2,1,3H3,(H,22,23). The predicted molar refractivity (Wildman–Crippen MR) is 111 cm³/mol. The topological polar surface area (TPSA) is 56.8 Å². The molecule has 1 aliphatic heterocycles. The minimum atomic E-state index is -2.67. The maximum Gasteiger partial charge on any atom is 0.501 e. The molecule has 0 aromatic heterocycles. The second kappa shape index (κ2) is 12.0. The van der Waals surface area contributed by atoms with Gasteiger partial charge >= 0.3 is 8.80 Å². The van der Waals surface area contributed by atoms with E-state index in [1.165, 1.54) is 44.9 Å². The van der Waals surface area contributed by atoms with E-state index < -0.39 is 8.80 Å². The van der Waals surface area contributed by atoms with Crippen LogP contribution in [0.1, 0.15) is 84.5 Å². The fourth-order valence-corrected chi connectivity index (χ4v) is 7.11. The molecule has 1 saturated carbocycles. The van der Waals surface area contributed by atoms with Crippen molar-refractivity contribution in [2.45, 2.75) is 103 Å². The van der Waals surface area contributed by atoms with Crippen molar-refractivity contribution in [3.63, 3.8) is 0 Å². The van der Waals surface area contributed by atoms with Crippen molar-refractivity contribution in [3.05, 3.63) is 12.2 Å². The first-order chi connectivity index (χ1) is 13.0. The van der Waals surface area contributed by atoms with Crippen molar-refractivity contribution in [2.24, 2.45) is 0 Å². The molecule has 2 unspecified atom stereocenters. The van der Waals surface area contributed by atoms with E-state index in [1.54, 1.807) is 6.92 Å². The van der Waals surface area contributed by atoms with Gasteiger partial charge in [-0.15, -0.1) is 0 Å². The Kier molecular flexibility index (Phi) is 10.0. The fraction of sp³-hybridized carbons (Fsp3) is 0.857. The number of fused-ring (bicyclic) bond motifs is 2. The molecule has 1 saturated heterocycles. The summed E-state index contributed by atoms with van der Waals surface area (Å²) >= 11 is 0. The molecule has 0 aromatic carbocycles. The molecular formula is C21H39NO4Si. The summed E-state index contributed by atoms with van der Waals surface area (Å²) in [5.41, 5.74) is 0.540. The van der Waals surface area contributed by atoms with Gasteiger partial charge in [0.25, 0.3) is 0 Å². The van der Waals surface area contributed by atoms with Gasteiger partial charge in [-0.2, -0.15) is 0 Å². The Hall–Kier alpha value is -0.693. The summed E-state index contributed by atoms with van der Waals surface area (Å²) < 4.78 is 19.2. The van der Waals surface area contributed by atoms with Crippen LogP contribution >= 0.6 is 0 Å². The van der Waals surface area contributed by atoms with Crippen LogP contribution in [0.15, 0.2) is 12.2 Å². The van der Waals surface area contributed by atoms with Crippen LogP contribution in [0.25, 0.3) is 0 Å². The number of carbonyl (C=O) groups is 1. The average Bonchev–Trinajstić information content (AvgIpc) is 2.62. The normalized spacial score (nSPS) is 30.0. The molecule has 0 aromatic rings. The molecule has 5 nitrogen and oxygen atoms in total. The summed E-state index contributed by atoms with van der Waals surface area (Å²) in [6, 6.07) is 0.768. The summed E-state index contributed by atoms with van der Waals surface area (Å²) in [7, 11) is -2.67. The zero-order valence-electron chi connectivity index (χ0n) is 17.4. The number of nitrogens with one attached hydrogen (secondary N) is 1. The van der Waals surface area contributed by atoms with Gasteiger partial charge in [-0.1, -0.05) is 51.5 Å². The minimum absolute atomic E-state index is 0.0854.